The van der Waals surface area contributed by atoms with Crippen LogP contribution < -0.4 is 45.6 Å². The molecule has 4 aliphatic rings. The van der Waals surface area contributed by atoms with Crippen molar-refractivity contribution in [2.75, 3.05) is 0 Å². The number of rotatable bonds is 4. The molecule has 6 heteroatoms. The van der Waals surface area contributed by atoms with Crippen LogP contribution in [-0.4, -0.2) is 10.9 Å². The molecule has 0 fully saturated rings. The molecule has 4 aromatic rings. The van der Waals surface area contributed by atoms with Gasteiger partial charge in [-0.15, -0.1) is 25.7 Å². The summed E-state index contributed by atoms with van der Waals surface area (Å²) >= 11 is 3.29. The van der Waals surface area contributed by atoms with Gasteiger partial charge in [0.15, 0.2) is 0 Å². The van der Waals surface area contributed by atoms with E-state index in [1.165, 1.54) is 20.7 Å². The van der Waals surface area contributed by atoms with Crippen molar-refractivity contribution in [1.29, 1.82) is 0 Å². The van der Waals surface area contributed by atoms with Crippen LogP contribution in [0, 0.1) is 24.3 Å². The van der Waals surface area contributed by atoms with Gasteiger partial charge in [-0.3, -0.25) is 24.3 Å². The predicted molar refractivity (Wildman–Crippen MR) is 202 cm³/mol. The van der Waals surface area contributed by atoms with Gasteiger partial charge in [-0.2, -0.15) is 24.3 Å². The molecule has 4 aromatic carbocycles. The second-order valence-corrected chi connectivity index (χ2v) is 21.4. The standard InChI is InChI=1S/2C12H10Si.4C5H5.2ClH.2Zr/c2*1-3-7-11(8-4-1)13-12-9-5-2-6-10-12;4*1-2-4-5-3-1;;;;/h2*1-10H;4*1-3H,4H2;2*1H;;/q;;4*-1;;;2*+2/p-2. The molecule has 0 unspecified atom stereocenters. The summed E-state index contributed by atoms with van der Waals surface area (Å²) in [6.07, 6.45) is 40.0. The van der Waals surface area contributed by atoms with Crippen molar-refractivity contribution in [3.05, 3.63) is 219 Å². The maximum atomic E-state index is 2.99. The Labute approximate surface area is 343 Å². The molecule has 8 rings (SSSR count). The van der Waals surface area contributed by atoms with Crippen molar-refractivity contribution in [3.8, 4) is 0 Å². The summed E-state index contributed by atoms with van der Waals surface area (Å²) in [5, 5.41) is 6.06. The average molecular weight is 878 g/mol. The molecule has 4 aliphatic carbocycles. The summed E-state index contributed by atoms with van der Waals surface area (Å²) in [4.78, 5) is 0. The van der Waals surface area contributed by atoms with E-state index in [-0.39, 0.29) is 24.8 Å². The van der Waals surface area contributed by atoms with Gasteiger partial charge in [0.1, 0.15) is 0 Å². The first-order valence-electron chi connectivity index (χ1n) is 16.0. The maximum absolute atomic E-state index is 2.99. The Hall–Kier alpha value is -2.42. The Bertz CT molecular complexity index is 1430. The molecule has 0 amide bonds. The summed E-state index contributed by atoms with van der Waals surface area (Å²) in [5.74, 6) is 0. The summed E-state index contributed by atoms with van der Waals surface area (Å²) in [5.41, 5.74) is -0.910. The van der Waals surface area contributed by atoms with Crippen LogP contribution in [0.1, 0.15) is 25.7 Å². The molecule has 248 valence electrons. The molecule has 0 bridgehead atoms. The average Bonchev–Trinajstić information content (AvgIpc) is 4.03. The minimum absolute atomic E-state index is 0. The summed E-state index contributed by atoms with van der Waals surface area (Å²) < 4.78 is 0. The second kappa shape index (κ2) is 31.3. The van der Waals surface area contributed by atoms with Crippen LogP contribution in [0.15, 0.2) is 194 Å². The molecule has 0 aliphatic heterocycles. The Morgan fingerprint density at radius 3 is 0.660 bits per heavy atom. The first-order chi connectivity index (χ1) is 23.8. The monoisotopic (exact) mass is 874 g/mol. The molecule has 0 N–H and O–H groups in total. The number of allylic oxidation sites excluding steroid dienone is 16. The SMILES string of the molecule is [C-]1=CC=CC1.[C-]1=CC=CC1.[C-]1=CC=CC1.[C-]1=CC=CC1.[Cl-].[Cl-].[Zr+2]=[Si](c1ccccc1)c1ccccc1.[Zr+2]=[Si](c1ccccc1)c1ccccc1. The Balaban J connectivity index is 0.000000319. The van der Waals surface area contributed by atoms with E-state index in [1.54, 1.807) is 46.7 Å². The zero-order valence-corrected chi connectivity index (χ0v) is 36.5. The van der Waals surface area contributed by atoms with Crippen molar-refractivity contribution in [3.63, 3.8) is 0 Å². The Morgan fingerprint density at radius 2 is 0.540 bits per heavy atom. The van der Waals surface area contributed by atoms with Gasteiger partial charge < -0.3 is 24.8 Å². The van der Waals surface area contributed by atoms with Crippen molar-refractivity contribution in [2.45, 2.75) is 25.7 Å². The van der Waals surface area contributed by atoms with Crippen LogP contribution in [0.25, 0.3) is 0 Å². The molecule has 0 spiro atoms. The predicted octanol–water partition coefficient (Wildman–Crippen LogP) is 1.91. The molecule has 0 saturated heterocycles. The van der Waals surface area contributed by atoms with Gasteiger partial charge in [-0.1, -0.05) is 0 Å². The summed E-state index contributed by atoms with van der Waals surface area (Å²) in [7, 11) is 0. The molecule has 0 radical (unpaired) electrons. The van der Waals surface area contributed by atoms with Crippen molar-refractivity contribution in [2.24, 2.45) is 0 Å². The van der Waals surface area contributed by atoms with Gasteiger partial charge in [0.05, 0.1) is 0 Å². The fourth-order valence-corrected chi connectivity index (χ4v) is 11.8. The van der Waals surface area contributed by atoms with Crippen molar-refractivity contribution in [1.82, 2.24) is 0 Å². The van der Waals surface area contributed by atoms with E-state index in [0.717, 1.165) is 25.7 Å². The Morgan fingerprint density at radius 1 is 0.340 bits per heavy atom. The second-order valence-electron chi connectivity index (χ2n) is 10.2. The third kappa shape index (κ3) is 21.1. The minimum atomic E-state index is -0.455. The van der Waals surface area contributed by atoms with Gasteiger partial charge in [0, 0.05) is 0 Å². The first kappa shape index (κ1) is 45.6. The van der Waals surface area contributed by atoms with Crippen molar-refractivity contribution < 1.29 is 71.5 Å². The normalized spacial score (nSPS) is 12.6. The van der Waals surface area contributed by atoms with Crippen LogP contribution in [0.5, 0.6) is 0 Å². The Kier molecular flexibility index (Phi) is 28.6. The fourth-order valence-electron chi connectivity index (χ4n) is 4.11. The molecule has 0 aromatic heterocycles. The van der Waals surface area contributed by atoms with Gasteiger partial charge >= 0.3 is 200 Å². The van der Waals surface area contributed by atoms with E-state index in [2.05, 4.69) is 170 Å². The molecule has 0 saturated carbocycles. The van der Waals surface area contributed by atoms with Gasteiger partial charge in [-0.25, -0.2) is 48.6 Å². The number of benzene rings is 4. The van der Waals surface area contributed by atoms with E-state index in [0.29, 0.717) is 0 Å². The summed E-state index contributed by atoms with van der Waals surface area (Å²) in [6, 6.07) is 43.4. The topological polar surface area (TPSA) is 0 Å². The number of halogens is 2. The van der Waals surface area contributed by atoms with Crippen LogP contribution in [0.3, 0.4) is 0 Å². The van der Waals surface area contributed by atoms with Crippen LogP contribution in [-0.2, 0) is 46.7 Å². The van der Waals surface area contributed by atoms with E-state index >= 15 is 0 Å². The molecule has 50 heavy (non-hydrogen) atoms. The fraction of sp³-hybridized carbons (Fsp3) is 0.0909. The third-order valence-electron chi connectivity index (χ3n) is 6.59. The van der Waals surface area contributed by atoms with Gasteiger partial charge in [-0.05, 0) is 0 Å². The van der Waals surface area contributed by atoms with Crippen LogP contribution in [0.2, 0.25) is 0 Å². The third-order valence-corrected chi connectivity index (χ3v) is 18.8. The van der Waals surface area contributed by atoms with Crippen molar-refractivity contribution >= 4 is 31.6 Å². The van der Waals surface area contributed by atoms with Crippen LogP contribution in [0.4, 0.5) is 0 Å². The zero-order chi connectivity index (χ0) is 33.7. The molecule has 0 nitrogen and oxygen atoms in total. The van der Waals surface area contributed by atoms with E-state index in [1.807, 2.05) is 48.6 Å². The summed E-state index contributed by atoms with van der Waals surface area (Å²) in [6.45, 7) is 0. The molecule has 0 atom stereocenters. The molecular formula is C44H40Cl2Si2Zr2-2. The number of hydrogen-bond donors (Lipinski definition) is 0. The molecule has 0 heterocycles. The van der Waals surface area contributed by atoms with Crippen LogP contribution >= 0.6 is 0 Å². The first-order valence-corrected chi connectivity index (χ1v) is 26.4. The van der Waals surface area contributed by atoms with Gasteiger partial charge in [0.25, 0.3) is 0 Å². The zero-order valence-electron chi connectivity index (χ0n) is 28.1. The van der Waals surface area contributed by atoms with E-state index < -0.39 is 10.9 Å². The number of hydrogen-bond acceptors (Lipinski definition) is 0. The molecular weight excluding hydrogens is 838 g/mol. The van der Waals surface area contributed by atoms with Gasteiger partial charge in [0.2, 0.25) is 0 Å². The quantitative estimate of drug-likeness (QED) is 0.218. The van der Waals surface area contributed by atoms with E-state index in [4.69, 9.17) is 0 Å². The van der Waals surface area contributed by atoms with E-state index in [9.17, 15) is 0 Å².